The first-order chi connectivity index (χ1) is 9.56. The van der Waals surface area contributed by atoms with Crippen molar-refractivity contribution in [3.63, 3.8) is 0 Å². The highest BCUT2D eigenvalue weighted by Crippen LogP contribution is 2.12. The number of benzene rings is 1. The summed E-state index contributed by atoms with van der Waals surface area (Å²) in [5.74, 6) is 0.295. The van der Waals surface area contributed by atoms with Gasteiger partial charge in [0.1, 0.15) is 5.82 Å². The van der Waals surface area contributed by atoms with Gasteiger partial charge >= 0.3 is 0 Å². The van der Waals surface area contributed by atoms with Gasteiger partial charge in [0.25, 0.3) is 5.91 Å². The monoisotopic (exact) mass is 272 g/mol. The fourth-order valence-corrected chi connectivity index (χ4v) is 1.80. The maximum atomic E-state index is 12.1. The van der Waals surface area contributed by atoms with E-state index in [-0.39, 0.29) is 17.9 Å². The zero-order chi connectivity index (χ0) is 14.5. The summed E-state index contributed by atoms with van der Waals surface area (Å²) in [5, 5.41) is 5.48. The number of carbonyl (C=O) groups excluding carboxylic acids is 2. The fraction of sp³-hybridized carbons (Fsp3) is 0.214. The van der Waals surface area contributed by atoms with E-state index >= 15 is 0 Å². The summed E-state index contributed by atoms with van der Waals surface area (Å²) in [7, 11) is 0. The number of anilines is 1. The third-order valence-electron chi connectivity index (χ3n) is 2.72. The van der Waals surface area contributed by atoms with Crippen molar-refractivity contribution >= 4 is 17.5 Å². The van der Waals surface area contributed by atoms with Crippen molar-refractivity contribution in [1.29, 1.82) is 0 Å². The van der Waals surface area contributed by atoms with Gasteiger partial charge in [-0.15, -0.1) is 0 Å². The molecule has 0 radical (unpaired) electrons. The molecule has 1 heterocycles. The number of rotatable bonds is 4. The number of amides is 2. The summed E-state index contributed by atoms with van der Waals surface area (Å²) in [5.41, 5.74) is 1.07. The van der Waals surface area contributed by atoms with Gasteiger partial charge in [-0.3, -0.25) is 9.59 Å². The van der Waals surface area contributed by atoms with Gasteiger partial charge in [-0.05, 0) is 25.1 Å². The van der Waals surface area contributed by atoms with Gasteiger partial charge < -0.3 is 15.6 Å². The average Bonchev–Trinajstić information content (AvgIpc) is 2.92. The van der Waals surface area contributed by atoms with Crippen LogP contribution in [0.3, 0.4) is 0 Å². The molecule has 104 valence electrons. The van der Waals surface area contributed by atoms with E-state index in [1.165, 1.54) is 6.92 Å². The summed E-state index contributed by atoms with van der Waals surface area (Å²) < 4.78 is 0. The second-order valence-corrected chi connectivity index (χ2v) is 4.43. The summed E-state index contributed by atoms with van der Waals surface area (Å²) in [6, 6.07) is 6.55. The Morgan fingerprint density at radius 3 is 2.80 bits per heavy atom. The van der Waals surface area contributed by atoms with Gasteiger partial charge in [0, 0.05) is 30.6 Å². The molecular formula is C14H16N4O2. The van der Waals surface area contributed by atoms with Crippen molar-refractivity contribution in [2.75, 3.05) is 5.32 Å². The Morgan fingerprint density at radius 2 is 2.15 bits per heavy atom. The summed E-state index contributed by atoms with van der Waals surface area (Å²) >= 11 is 0. The van der Waals surface area contributed by atoms with Crippen LogP contribution in [0, 0.1) is 0 Å². The van der Waals surface area contributed by atoms with E-state index in [1.54, 1.807) is 36.7 Å². The van der Waals surface area contributed by atoms with Crippen LogP contribution < -0.4 is 10.6 Å². The van der Waals surface area contributed by atoms with E-state index in [9.17, 15) is 9.59 Å². The number of H-pyrrole nitrogens is 1. The molecule has 0 aliphatic rings. The molecule has 0 saturated carbocycles. The molecule has 1 aromatic heterocycles. The number of hydrogen-bond acceptors (Lipinski definition) is 3. The minimum absolute atomic E-state index is 0.175. The minimum Gasteiger partial charge on any atom is -0.347 e. The van der Waals surface area contributed by atoms with Gasteiger partial charge in [-0.2, -0.15) is 0 Å². The average molecular weight is 272 g/mol. The number of nitrogens with zero attached hydrogens (tertiary/aromatic N) is 1. The quantitative estimate of drug-likeness (QED) is 0.794. The fourth-order valence-electron chi connectivity index (χ4n) is 1.80. The second kappa shape index (κ2) is 6.01. The highest BCUT2D eigenvalue weighted by Gasteiger charge is 2.13. The molecule has 0 aliphatic carbocycles. The van der Waals surface area contributed by atoms with E-state index in [2.05, 4.69) is 20.6 Å². The van der Waals surface area contributed by atoms with E-state index in [0.29, 0.717) is 17.1 Å². The largest absolute Gasteiger partial charge is 0.347 e. The Bertz CT molecular complexity index is 607. The number of imidazole rings is 1. The molecule has 2 rings (SSSR count). The second-order valence-electron chi connectivity index (χ2n) is 4.43. The number of nitrogens with one attached hydrogen (secondary N) is 3. The molecule has 6 nitrogen and oxygen atoms in total. The van der Waals surface area contributed by atoms with Crippen molar-refractivity contribution in [2.45, 2.75) is 19.9 Å². The molecule has 0 fully saturated rings. The molecule has 0 saturated heterocycles. The van der Waals surface area contributed by atoms with Gasteiger partial charge in [0.15, 0.2) is 0 Å². The van der Waals surface area contributed by atoms with Crippen LogP contribution >= 0.6 is 0 Å². The lowest BCUT2D eigenvalue weighted by atomic mass is 10.1. The standard InChI is InChI=1S/C14H16N4O2/c1-9(13-15-6-7-16-13)17-14(20)11-4-3-5-12(8-11)18-10(2)19/h3-9H,1-2H3,(H,15,16)(H,17,20)(H,18,19). The number of aromatic amines is 1. The van der Waals surface area contributed by atoms with Gasteiger partial charge in [-0.1, -0.05) is 6.07 Å². The van der Waals surface area contributed by atoms with Crippen molar-refractivity contribution in [3.8, 4) is 0 Å². The van der Waals surface area contributed by atoms with Crippen LogP contribution in [0.2, 0.25) is 0 Å². The van der Waals surface area contributed by atoms with Crippen LogP contribution in [-0.4, -0.2) is 21.8 Å². The number of carbonyl (C=O) groups is 2. The van der Waals surface area contributed by atoms with E-state index in [1.807, 2.05) is 6.92 Å². The molecular weight excluding hydrogens is 256 g/mol. The molecule has 6 heteroatoms. The molecule has 0 bridgehead atoms. The SMILES string of the molecule is CC(=O)Nc1cccc(C(=O)NC(C)c2ncc[nH]2)c1. The van der Waals surface area contributed by atoms with Gasteiger partial charge in [-0.25, -0.2) is 4.98 Å². The maximum Gasteiger partial charge on any atom is 0.251 e. The van der Waals surface area contributed by atoms with Crippen molar-refractivity contribution in [1.82, 2.24) is 15.3 Å². The zero-order valence-corrected chi connectivity index (χ0v) is 11.3. The molecule has 20 heavy (non-hydrogen) atoms. The summed E-state index contributed by atoms with van der Waals surface area (Å²) in [4.78, 5) is 30.2. The first-order valence-corrected chi connectivity index (χ1v) is 6.24. The lowest BCUT2D eigenvalue weighted by Crippen LogP contribution is -2.27. The molecule has 3 N–H and O–H groups in total. The molecule has 1 unspecified atom stereocenters. The van der Waals surface area contributed by atoms with E-state index < -0.39 is 0 Å². The normalized spacial score (nSPS) is 11.7. The first kappa shape index (κ1) is 13.8. The Morgan fingerprint density at radius 1 is 1.35 bits per heavy atom. The summed E-state index contributed by atoms with van der Waals surface area (Å²) in [6.45, 7) is 3.26. The molecule has 0 spiro atoms. The van der Waals surface area contributed by atoms with Crippen LogP contribution in [0.1, 0.15) is 36.1 Å². The Balaban J connectivity index is 2.07. The Hall–Kier alpha value is -2.63. The smallest absolute Gasteiger partial charge is 0.251 e. The van der Waals surface area contributed by atoms with Crippen LogP contribution in [0.15, 0.2) is 36.7 Å². The molecule has 0 aliphatic heterocycles. The topological polar surface area (TPSA) is 86.9 Å². The molecule has 2 amide bonds. The summed E-state index contributed by atoms with van der Waals surface area (Å²) in [6.07, 6.45) is 3.34. The van der Waals surface area contributed by atoms with Crippen LogP contribution in [0.5, 0.6) is 0 Å². The van der Waals surface area contributed by atoms with Crippen molar-refractivity contribution in [3.05, 3.63) is 48.0 Å². The predicted molar refractivity (Wildman–Crippen MR) is 75.2 cm³/mol. The first-order valence-electron chi connectivity index (χ1n) is 6.24. The predicted octanol–water partition coefficient (Wildman–Crippen LogP) is 1.86. The van der Waals surface area contributed by atoms with Crippen LogP contribution in [0.25, 0.3) is 0 Å². The molecule has 1 atom stereocenters. The van der Waals surface area contributed by atoms with Gasteiger partial charge in [0.05, 0.1) is 6.04 Å². The Kier molecular flexibility index (Phi) is 4.14. The van der Waals surface area contributed by atoms with Crippen molar-refractivity contribution < 1.29 is 9.59 Å². The highest BCUT2D eigenvalue weighted by molar-refractivity contribution is 5.96. The highest BCUT2D eigenvalue weighted by atomic mass is 16.2. The molecule has 1 aromatic carbocycles. The maximum absolute atomic E-state index is 12.1. The lowest BCUT2D eigenvalue weighted by molar-refractivity contribution is -0.114. The number of hydrogen-bond donors (Lipinski definition) is 3. The van der Waals surface area contributed by atoms with E-state index in [4.69, 9.17) is 0 Å². The zero-order valence-electron chi connectivity index (χ0n) is 11.3. The van der Waals surface area contributed by atoms with Gasteiger partial charge in [0.2, 0.25) is 5.91 Å². The molecule has 2 aromatic rings. The van der Waals surface area contributed by atoms with Crippen molar-refractivity contribution in [2.24, 2.45) is 0 Å². The minimum atomic E-state index is -0.221. The van der Waals surface area contributed by atoms with E-state index in [0.717, 1.165) is 0 Å². The van der Waals surface area contributed by atoms with Crippen LogP contribution in [0.4, 0.5) is 5.69 Å². The number of aromatic nitrogens is 2. The Labute approximate surface area is 116 Å². The lowest BCUT2D eigenvalue weighted by Gasteiger charge is -2.12. The van der Waals surface area contributed by atoms with Crippen LogP contribution in [-0.2, 0) is 4.79 Å². The third-order valence-corrected chi connectivity index (χ3v) is 2.72. The third kappa shape index (κ3) is 3.44.